The molecule has 1 aliphatic rings. The van der Waals surface area contributed by atoms with Crippen LogP contribution in [0.25, 0.3) is 12.2 Å². The minimum Gasteiger partial charge on any atom is -0.349 e. The zero-order valence-corrected chi connectivity index (χ0v) is 11.8. The van der Waals surface area contributed by atoms with Gasteiger partial charge in [0, 0.05) is 11.3 Å². The average molecular weight is 278 g/mol. The molecule has 1 aromatic carbocycles. The van der Waals surface area contributed by atoms with E-state index in [1.807, 2.05) is 42.5 Å². The fraction of sp³-hybridized carbons (Fsp3) is 0.176. The van der Waals surface area contributed by atoms with E-state index in [2.05, 4.69) is 11.1 Å². The smallest absolute Gasteiger partial charge is 0.122 e. The second-order valence-electron chi connectivity index (χ2n) is 4.91. The van der Waals surface area contributed by atoms with Crippen LogP contribution in [0.2, 0.25) is 0 Å². The van der Waals surface area contributed by atoms with Crippen LogP contribution in [0.4, 0.5) is 0 Å². The molecule has 0 unspecified atom stereocenters. The van der Waals surface area contributed by atoms with Gasteiger partial charge in [0.05, 0.1) is 5.56 Å². The summed E-state index contributed by atoms with van der Waals surface area (Å²) in [7, 11) is 0. The molecule has 2 nitrogen and oxygen atoms in total. The normalized spacial score (nSPS) is 13.3. The third-order valence-electron chi connectivity index (χ3n) is 3.66. The zero-order valence-electron chi connectivity index (χ0n) is 11.0. The Morgan fingerprint density at radius 3 is 2.70 bits per heavy atom. The summed E-state index contributed by atoms with van der Waals surface area (Å²) >= 11 is 5.30. The zero-order chi connectivity index (χ0) is 13.9. The number of aryl methyl sites for hydroxylation is 1. The Balaban J connectivity index is 2.12. The summed E-state index contributed by atoms with van der Waals surface area (Å²) in [6, 6.07) is 12.3. The summed E-state index contributed by atoms with van der Waals surface area (Å²) in [4.78, 5) is 3.20. The van der Waals surface area contributed by atoms with Crippen molar-refractivity contribution in [1.29, 1.82) is 5.26 Å². The lowest BCUT2D eigenvalue weighted by molar-refractivity contribution is 0.898. The second kappa shape index (κ2) is 5.44. The number of pyridine rings is 1. The summed E-state index contributed by atoms with van der Waals surface area (Å²) in [5.74, 6) is 0. The molecule has 1 aromatic heterocycles. The number of rotatable bonds is 2. The monoisotopic (exact) mass is 278 g/mol. The first-order chi connectivity index (χ1) is 9.79. The number of nitriles is 1. The predicted octanol–water partition coefficient (Wildman–Crippen LogP) is 4.27. The van der Waals surface area contributed by atoms with E-state index in [1.165, 1.54) is 11.3 Å². The molecular weight excluding hydrogens is 264 g/mol. The van der Waals surface area contributed by atoms with Gasteiger partial charge in [0.2, 0.25) is 0 Å². The number of aromatic amines is 1. The topological polar surface area (TPSA) is 39.6 Å². The highest BCUT2D eigenvalue weighted by atomic mass is 32.1. The largest absolute Gasteiger partial charge is 0.349 e. The third kappa shape index (κ3) is 2.31. The van der Waals surface area contributed by atoms with Crippen molar-refractivity contribution in [3.05, 3.63) is 62.9 Å². The first kappa shape index (κ1) is 12.8. The molecule has 1 N–H and O–H groups in total. The van der Waals surface area contributed by atoms with Gasteiger partial charge in [-0.3, -0.25) is 0 Å². The van der Waals surface area contributed by atoms with Crippen LogP contribution >= 0.6 is 12.2 Å². The molecule has 20 heavy (non-hydrogen) atoms. The molecule has 0 aliphatic heterocycles. The van der Waals surface area contributed by atoms with Gasteiger partial charge in [-0.2, -0.15) is 5.26 Å². The van der Waals surface area contributed by atoms with Gasteiger partial charge in [0.25, 0.3) is 0 Å². The van der Waals surface area contributed by atoms with Crippen molar-refractivity contribution >= 4 is 24.4 Å². The number of nitrogens with one attached hydrogen (secondary N) is 1. The van der Waals surface area contributed by atoms with Crippen molar-refractivity contribution < 1.29 is 0 Å². The van der Waals surface area contributed by atoms with Gasteiger partial charge in [-0.25, -0.2) is 0 Å². The molecule has 0 fully saturated rings. The molecule has 1 aliphatic carbocycles. The van der Waals surface area contributed by atoms with Crippen molar-refractivity contribution in [2.75, 3.05) is 0 Å². The average Bonchev–Trinajstić information content (AvgIpc) is 2.93. The number of benzene rings is 1. The van der Waals surface area contributed by atoms with Crippen LogP contribution in [0.1, 0.15) is 34.4 Å². The predicted molar refractivity (Wildman–Crippen MR) is 83.7 cm³/mol. The Labute approximate surface area is 123 Å². The van der Waals surface area contributed by atoms with E-state index in [1.54, 1.807) is 0 Å². The van der Waals surface area contributed by atoms with Crippen LogP contribution in [-0.4, -0.2) is 4.98 Å². The van der Waals surface area contributed by atoms with E-state index in [0.717, 1.165) is 30.4 Å². The SMILES string of the molecule is N#Cc1c(/C=C/c2ccccc2)c2c([nH]c1=S)CCC2. The number of H-pyrrole nitrogens is 1. The molecule has 0 saturated heterocycles. The van der Waals surface area contributed by atoms with E-state index >= 15 is 0 Å². The van der Waals surface area contributed by atoms with Crippen molar-refractivity contribution in [3.8, 4) is 6.07 Å². The Bertz CT molecular complexity index is 764. The Hall–Kier alpha value is -2.18. The summed E-state index contributed by atoms with van der Waals surface area (Å²) in [5, 5.41) is 9.36. The molecule has 3 rings (SSSR count). The molecule has 0 bridgehead atoms. The number of aromatic nitrogens is 1. The van der Waals surface area contributed by atoms with Gasteiger partial charge in [-0.15, -0.1) is 0 Å². The lowest BCUT2D eigenvalue weighted by Crippen LogP contribution is -1.97. The van der Waals surface area contributed by atoms with Crippen molar-refractivity contribution in [2.45, 2.75) is 19.3 Å². The number of nitrogens with zero attached hydrogens (tertiary/aromatic N) is 1. The Kier molecular flexibility index (Phi) is 3.49. The number of hydrogen-bond acceptors (Lipinski definition) is 2. The van der Waals surface area contributed by atoms with Crippen molar-refractivity contribution in [3.63, 3.8) is 0 Å². The maximum absolute atomic E-state index is 9.36. The van der Waals surface area contributed by atoms with Gasteiger partial charge >= 0.3 is 0 Å². The van der Waals surface area contributed by atoms with Gasteiger partial charge in [-0.05, 0) is 30.4 Å². The molecule has 3 heteroatoms. The first-order valence-electron chi connectivity index (χ1n) is 6.71. The molecule has 0 saturated carbocycles. The van der Waals surface area contributed by atoms with Crippen LogP contribution in [-0.2, 0) is 12.8 Å². The quantitative estimate of drug-likeness (QED) is 0.833. The molecule has 0 amide bonds. The molecule has 0 radical (unpaired) electrons. The van der Waals surface area contributed by atoms with Crippen LogP contribution in [0.15, 0.2) is 30.3 Å². The molecule has 98 valence electrons. The lowest BCUT2D eigenvalue weighted by Gasteiger charge is -2.07. The minimum atomic E-state index is 0.556. The molecule has 0 spiro atoms. The fourth-order valence-corrected chi connectivity index (χ4v) is 2.97. The van der Waals surface area contributed by atoms with Crippen LogP contribution in [0.3, 0.4) is 0 Å². The lowest BCUT2D eigenvalue weighted by atomic mass is 10.0. The van der Waals surface area contributed by atoms with Gasteiger partial charge in [0.1, 0.15) is 10.7 Å². The molecule has 0 atom stereocenters. The van der Waals surface area contributed by atoms with Crippen LogP contribution < -0.4 is 0 Å². The van der Waals surface area contributed by atoms with E-state index < -0.39 is 0 Å². The molecule has 2 aromatic rings. The van der Waals surface area contributed by atoms with Crippen molar-refractivity contribution in [1.82, 2.24) is 4.98 Å². The van der Waals surface area contributed by atoms with Crippen LogP contribution in [0, 0.1) is 16.0 Å². The minimum absolute atomic E-state index is 0.556. The highest BCUT2D eigenvalue weighted by Gasteiger charge is 2.18. The first-order valence-corrected chi connectivity index (χ1v) is 7.11. The van der Waals surface area contributed by atoms with E-state index in [-0.39, 0.29) is 0 Å². The maximum atomic E-state index is 9.36. The fourth-order valence-electron chi connectivity index (χ4n) is 2.69. The van der Waals surface area contributed by atoms with Crippen LogP contribution in [0.5, 0.6) is 0 Å². The third-order valence-corrected chi connectivity index (χ3v) is 3.96. The van der Waals surface area contributed by atoms with Gasteiger partial charge in [-0.1, -0.05) is 54.7 Å². The Morgan fingerprint density at radius 1 is 1.15 bits per heavy atom. The molecule has 1 heterocycles. The summed E-state index contributed by atoms with van der Waals surface area (Å²) < 4.78 is 0.556. The standard InChI is InChI=1S/C17H14N2S/c18-11-15-13(10-9-12-5-2-1-3-6-12)14-7-4-8-16(14)19-17(15)20/h1-3,5-6,9-10H,4,7-8H2,(H,19,20)/b10-9+. The van der Waals surface area contributed by atoms with E-state index in [0.29, 0.717) is 10.2 Å². The number of hydrogen-bond donors (Lipinski definition) is 1. The van der Waals surface area contributed by atoms with E-state index in [9.17, 15) is 5.26 Å². The summed E-state index contributed by atoms with van der Waals surface area (Å²) in [6.07, 6.45) is 7.24. The highest BCUT2D eigenvalue weighted by Crippen LogP contribution is 2.28. The van der Waals surface area contributed by atoms with Gasteiger partial charge in [0.15, 0.2) is 0 Å². The summed E-state index contributed by atoms with van der Waals surface area (Å²) in [6.45, 7) is 0. The van der Waals surface area contributed by atoms with E-state index in [4.69, 9.17) is 12.2 Å². The summed E-state index contributed by atoms with van der Waals surface area (Å²) in [5.41, 5.74) is 5.16. The maximum Gasteiger partial charge on any atom is 0.122 e. The van der Waals surface area contributed by atoms with Crippen molar-refractivity contribution in [2.24, 2.45) is 0 Å². The molecular formula is C17H14N2S. The Morgan fingerprint density at radius 2 is 1.95 bits per heavy atom. The van der Waals surface area contributed by atoms with Gasteiger partial charge < -0.3 is 4.98 Å². The highest BCUT2D eigenvalue weighted by molar-refractivity contribution is 7.71. The number of fused-ring (bicyclic) bond motifs is 1. The second-order valence-corrected chi connectivity index (χ2v) is 5.32.